The highest BCUT2D eigenvalue weighted by atomic mass is 16.5. The van der Waals surface area contributed by atoms with E-state index in [0.717, 1.165) is 47.6 Å². The van der Waals surface area contributed by atoms with Crippen LogP contribution in [0.1, 0.15) is 56.5 Å². The van der Waals surface area contributed by atoms with Gasteiger partial charge in [0.1, 0.15) is 24.7 Å². The number of benzene rings is 2. The quantitative estimate of drug-likeness (QED) is 0.483. The number of likely N-dealkylation sites (N-methyl/N-ethyl adjacent to an activating group) is 1. The number of imidazole rings is 1. The number of hydrogen-bond donors (Lipinski definition) is 0. The van der Waals surface area contributed by atoms with Crippen molar-refractivity contribution < 1.29 is 9.53 Å². The minimum Gasteiger partial charge on any atom is -0.485 e. The van der Waals surface area contributed by atoms with Gasteiger partial charge >= 0.3 is 0 Å². The Morgan fingerprint density at radius 1 is 1.20 bits per heavy atom. The Labute approximate surface area is 179 Å². The molecule has 0 aliphatic carbocycles. The molecular weight excluding hydrogens is 374 g/mol. The molecule has 1 amide bonds. The van der Waals surface area contributed by atoms with Crippen LogP contribution in [0.4, 0.5) is 0 Å². The van der Waals surface area contributed by atoms with Gasteiger partial charge in [0, 0.05) is 13.6 Å². The maximum Gasteiger partial charge on any atom is 0.242 e. The molecule has 0 bridgehead atoms. The van der Waals surface area contributed by atoms with Crippen LogP contribution in [0.3, 0.4) is 0 Å². The Bertz CT molecular complexity index is 1010. The van der Waals surface area contributed by atoms with Crippen LogP contribution in [0, 0.1) is 6.92 Å². The Morgan fingerprint density at radius 3 is 2.70 bits per heavy atom. The number of carbonyl (C=O) groups is 1. The maximum atomic E-state index is 12.8. The van der Waals surface area contributed by atoms with Crippen molar-refractivity contribution in [3.8, 4) is 5.75 Å². The standard InChI is InChI=1S/C25H33N3O2/c1-6-7-14-27(5)25(29)16-28-22-11-9-8-10-21(22)26-24(28)17-30-23-15-19(4)12-13-20(23)18(2)3/h8-13,15,18H,6-7,14,16-17H2,1-5H3. The predicted molar refractivity (Wildman–Crippen MR) is 122 cm³/mol. The van der Waals surface area contributed by atoms with E-state index < -0.39 is 0 Å². The van der Waals surface area contributed by atoms with Gasteiger partial charge in [-0.25, -0.2) is 4.98 Å². The summed E-state index contributed by atoms with van der Waals surface area (Å²) in [6.07, 6.45) is 2.08. The fourth-order valence-electron chi connectivity index (χ4n) is 3.57. The normalized spacial score (nSPS) is 11.3. The molecule has 5 nitrogen and oxygen atoms in total. The second-order valence-corrected chi connectivity index (χ2v) is 8.26. The molecule has 5 heteroatoms. The maximum absolute atomic E-state index is 12.8. The minimum absolute atomic E-state index is 0.0891. The highest BCUT2D eigenvalue weighted by Gasteiger charge is 2.17. The average Bonchev–Trinajstić information content (AvgIpc) is 3.07. The lowest BCUT2D eigenvalue weighted by atomic mass is 10.0. The van der Waals surface area contributed by atoms with Gasteiger partial charge in [-0.2, -0.15) is 0 Å². The smallest absolute Gasteiger partial charge is 0.242 e. The first kappa shape index (κ1) is 21.9. The zero-order valence-electron chi connectivity index (χ0n) is 18.8. The van der Waals surface area contributed by atoms with E-state index in [4.69, 9.17) is 9.72 Å². The van der Waals surface area contributed by atoms with E-state index in [1.54, 1.807) is 4.90 Å². The molecule has 0 radical (unpaired) electrons. The summed E-state index contributed by atoms with van der Waals surface area (Å²) in [5, 5.41) is 0. The van der Waals surface area contributed by atoms with Crippen molar-refractivity contribution in [3.63, 3.8) is 0 Å². The number of aryl methyl sites for hydroxylation is 1. The SMILES string of the molecule is CCCCN(C)C(=O)Cn1c(COc2cc(C)ccc2C(C)C)nc2ccccc21. The molecule has 1 heterocycles. The monoisotopic (exact) mass is 407 g/mol. The molecule has 0 saturated carbocycles. The van der Waals surface area contributed by atoms with Crippen LogP contribution in [0.2, 0.25) is 0 Å². The van der Waals surface area contributed by atoms with Crippen LogP contribution < -0.4 is 4.74 Å². The summed E-state index contributed by atoms with van der Waals surface area (Å²) in [6, 6.07) is 14.3. The van der Waals surface area contributed by atoms with Crippen LogP contribution in [-0.4, -0.2) is 34.0 Å². The van der Waals surface area contributed by atoms with Crippen molar-refractivity contribution in [2.24, 2.45) is 0 Å². The average molecular weight is 408 g/mol. The highest BCUT2D eigenvalue weighted by Crippen LogP contribution is 2.28. The van der Waals surface area contributed by atoms with Crippen LogP contribution >= 0.6 is 0 Å². The van der Waals surface area contributed by atoms with Crippen molar-refractivity contribution in [2.45, 2.75) is 59.6 Å². The molecule has 0 spiro atoms. The summed E-state index contributed by atoms with van der Waals surface area (Å²) in [4.78, 5) is 19.4. The van der Waals surface area contributed by atoms with Crippen molar-refractivity contribution in [2.75, 3.05) is 13.6 Å². The van der Waals surface area contributed by atoms with E-state index in [1.165, 1.54) is 5.56 Å². The van der Waals surface area contributed by atoms with Crippen LogP contribution in [0.25, 0.3) is 11.0 Å². The molecule has 2 aromatic carbocycles. The lowest BCUT2D eigenvalue weighted by Gasteiger charge is -2.19. The minimum atomic E-state index is 0.0891. The molecular formula is C25H33N3O2. The number of aromatic nitrogens is 2. The largest absolute Gasteiger partial charge is 0.485 e. The van der Waals surface area contributed by atoms with Gasteiger partial charge in [0.05, 0.1) is 11.0 Å². The first-order chi connectivity index (χ1) is 14.4. The number of unbranched alkanes of at least 4 members (excludes halogenated alkanes) is 1. The van der Waals surface area contributed by atoms with Crippen molar-refractivity contribution in [1.82, 2.24) is 14.5 Å². The van der Waals surface area contributed by atoms with Gasteiger partial charge in [0.25, 0.3) is 0 Å². The van der Waals surface area contributed by atoms with Crippen molar-refractivity contribution in [1.29, 1.82) is 0 Å². The summed E-state index contributed by atoms with van der Waals surface area (Å²) in [7, 11) is 1.87. The van der Waals surface area contributed by atoms with E-state index in [1.807, 2.05) is 35.9 Å². The molecule has 3 rings (SSSR count). The zero-order chi connectivity index (χ0) is 21.7. The number of para-hydroxylation sites is 2. The van der Waals surface area contributed by atoms with Crippen molar-refractivity contribution >= 4 is 16.9 Å². The van der Waals surface area contributed by atoms with Gasteiger partial charge in [0.2, 0.25) is 5.91 Å². The summed E-state index contributed by atoms with van der Waals surface area (Å²) in [5.41, 5.74) is 4.18. The molecule has 0 unspecified atom stereocenters. The Morgan fingerprint density at radius 2 is 1.97 bits per heavy atom. The summed E-state index contributed by atoms with van der Waals surface area (Å²) in [5.74, 6) is 2.11. The van der Waals surface area contributed by atoms with Gasteiger partial charge in [-0.1, -0.05) is 51.5 Å². The number of ether oxygens (including phenoxy) is 1. The first-order valence-corrected chi connectivity index (χ1v) is 10.8. The molecule has 0 atom stereocenters. The first-order valence-electron chi connectivity index (χ1n) is 10.8. The summed E-state index contributed by atoms with van der Waals surface area (Å²) in [6.45, 7) is 9.89. The van der Waals surface area contributed by atoms with Crippen LogP contribution in [0.5, 0.6) is 5.75 Å². The molecule has 30 heavy (non-hydrogen) atoms. The number of amides is 1. The topological polar surface area (TPSA) is 47.4 Å². The van der Waals surface area contributed by atoms with E-state index in [2.05, 4.69) is 45.9 Å². The number of rotatable bonds is 9. The van der Waals surface area contributed by atoms with E-state index in [0.29, 0.717) is 12.5 Å². The summed E-state index contributed by atoms with van der Waals surface area (Å²) >= 11 is 0. The van der Waals surface area contributed by atoms with Crippen LogP contribution in [-0.2, 0) is 17.9 Å². The van der Waals surface area contributed by atoms with Crippen molar-refractivity contribution in [3.05, 3.63) is 59.4 Å². The second-order valence-electron chi connectivity index (χ2n) is 8.26. The Kier molecular flexibility index (Phi) is 7.14. The lowest BCUT2D eigenvalue weighted by molar-refractivity contribution is -0.130. The summed E-state index contributed by atoms with van der Waals surface area (Å²) < 4.78 is 8.23. The third-order valence-electron chi connectivity index (χ3n) is 5.45. The number of nitrogens with zero attached hydrogens (tertiary/aromatic N) is 3. The van der Waals surface area contributed by atoms with Crippen LogP contribution in [0.15, 0.2) is 42.5 Å². The van der Waals surface area contributed by atoms with Gasteiger partial charge < -0.3 is 14.2 Å². The third-order valence-corrected chi connectivity index (χ3v) is 5.45. The molecule has 0 aliphatic rings. The molecule has 160 valence electrons. The Balaban J connectivity index is 1.87. The van der Waals surface area contributed by atoms with Gasteiger partial charge in [-0.3, -0.25) is 4.79 Å². The van der Waals surface area contributed by atoms with Gasteiger partial charge in [0.15, 0.2) is 0 Å². The third kappa shape index (κ3) is 5.02. The number of carbonyl (C=O) groups excluding carboxylic acids is 1. The molecule has 0 saturated heterocycles. The van der Waals surface area contributed by atoms with E-state index >= 15 is 0 Å². The lowest BCUT2D eigenvalue weighted by Crippen LogP contribution is -2.31. The van der Waals surface area contributed by atoms with E-state index in [-0.39, 0.29) is 12.5 Å². The number of hydrogen-bond acceptors (Lipinski definition) is 3. The van der Waals surface area contributed by atoms with Gasteiger partial charge in [-0.05, 0) is 48.6 Å². The molecule has 3 aromatic rings. The molecule has 1 aromatic heterocycles. The molecule has 0 N–H and O–H groups in total. The second kappa shape index (κ2) is 9.79. The Hall–Kier alpha value is -2.82. The highest BCUT2D eigenvalue weighted by molar-refractivity contribution is 5.81. The molecule has 0 fully saturated rings. The predicted octanol–water partition coefficient (Wildman–Crippen LogP) is 5.31. The zero-order valence-corrected chi connectivity index (χ0v) is 18.8. The molecule has 0 aliphatic heterocycles. The number of fused-ring (bicyclic) bond motifs is 1. The van der Waals surface area contributed by atoms with E-state index in [9.17, 15) is 4.79 Å². The fraction of sp³-hybridized carbons (Fsp3) is 0.440. The fourth-order valence-corrected chi connectivity index (χ4v) is 3.57. The van der Waals surface area contributed by atoms with Gasteiger partial charge in [-0.15, -0.1) is 0 Å².